The minimum absolute atomic E-state index is 0.0113. The lowest BCUT2D eigenvalue weighted by Crippen LogP contribution is -2.09. The van der Waals surface area contributed by atoms with E-state index >= 15 is 0 Å². The first kappa shape index (κ1) is 17.5. The van der Waals surface area contributed by atoms with Gasteiger partial charge >= 0.3 is 6.18 Å². The van der Waals surface area contributed by atoms with E-state index in [1.807, 2.05) is 6.92 Å². The standard InChI is InChI=1S/C15H16ClF3N4/c1-3-4-5-11(21-2)12-13(15(17,18)19)22-14-10(16)6-9(7-20)8-23(12)14/h5-6,8H,2-4,7,20H2,1H3/b11-5-. The van der Waals surface area contributed by atoms with E-state index in [1.54, 1.807) is 6.08 Å². The van der Waals surface area contributed by atoms with Crippen molar-refractivity contribution in [3.63, 3.8) is 0 Å². The largest absolute Gasteiger partial charge is 0.435 e. The highest BCUT2D eigenvalue weighted by Crippen LogP contribution is 2.37. The minimum Gasteiger partial charge on any atom is -0.326 e. The fourth-order valence-electron chi connectivity index (χ4n) is 2.23. The van der Waals surface area contributed by atoms with Crippen LogP contribution in [0.15, 0.2) is 23.3 Å². The number of imidazole rings is 1. The molecule has 0 aliphatic rings. The second-order valence-electron chi connectivity index (χ2n) is 4.94. The number of alkyl halides is 3. The van der Waals surface area contributed by atoms with Crippen molar-refractivity contribution in [1.82, 2.24) is 9.38 Å². The van der Waals surface area contributed by atoms with Gasteiger partial charge in [-0.25, -0.2) is 4.98 Å². The van der Waals surface area contributed by atoms with Crippen LogP contribution in [0, 0.1) is 0 Å². The van der Waals surface area contributed by atoms with Crippen LogP contribution < -0.4 is 5.73 Å². The monoisotopic (exact) mass is 344 g/mol. The molecule has 0 unspecified atom stereocenters. The number of rotatable bonds is 5. The van der Waals surface area contributed by atoms with Crippen LogP contribution in [0.2, 0.25) is 5.02 Å². The average molecular weight is 345 g/mol. The summed E-state index contributed by atoms with van der Waals surface area (Å²) < 4.78 is 41.4. The summed E-state index contributed by atoms with van der Waals surface area (Å²) in [6.07, 6.45) is -0.197. The number of halogens is 4. The van der Waals surface area contributed by atoms with E-state index in [4.69, 9.17) is 17.3 Å². The molecule has 23 heavy (non-hydrogen) atoms. The normalized spacial score (nSPS) is 12.9. The molecule has 4 nitrogen and oxygen atoms in total. The Hall–Kier alpha value is -1.86. The maximum absolute atomic E-state index is 13.4. The second kappa shape index (κ2) is 6.72. The zero-order valence-corrected chi connectivity index (χ0v) is 13.2. The Morgan fingerprint density at radius 3 is 2.74 bits per heavy atom. The van der Waals surface area contributed by atoms with Gasteiger partial charge in [0.05, 0.1) is 10.7 Å². The van der Waals surface area contributed by atoms with Gasteiger partial charge in [-0.3, -0.25) is 9.39 Å². The zero-order valence-electron chi connectivity index (χ0n) is 12.5. The lowest BCUT2D eigenvalue weighted by atomic mass is 10.2. The van der Waals surface area contributed by atoms with Gasteiger partial charge in [-0.05, 0) is 24.8 Å². The Balaban J connectivity index is 2.86. The molecule has 0 aromatic carbocycles. The number of nitrogens with two attached hydrogens (primary N) is 1. The lowest BCUT2D eigenvalue weighted by molar-refractivity contribution is -0.141. The van der Waals surface area contributed by atoms with E-state index < -0.39 is 11.9 Å². The van der Waals surface area contributed by atoms with Crippen LogP contribution in [0.5, 0.6) is 0 Å². The number of allylic oxidation sites excluding steroid dienone is 1. The molecule has 2 rings (SSSR count). The van der Waals surface area contributed by atoms with Crippen molar-refractivity contribution in [3.05, 3.63) is 40.3 Å². The molecular weight excluding hydrogens is 329 g/mol. The first-order chi connectivity index (χ1) is 10.8. The van der Waals surface area contributed by atoms with Crippen molar-refractivity contribution in [1.29, 1.82) is 0 Å². The van der Waals surface area contributed by atoms with E-state index in [0.29, 0.717) is 12.0 Å². The Kier molecular flexibility index (Phi) is 5.11. The van der Waals surface area contributed by atoms with Crippen LogP contribution in [0.3, 0.4) is 0 Å². The molecule has 0 amide bonds. The van der Waals surface area contributed by atoms with Gasteiger partial charge in [0.1, 0.15) is 5.69 Å². The van der Waals surface area contributed by atoms with Crippen molar-refractivity contribution < 1.29 is 13.2 Å². The molecule has 0 atom stereocenters. The zero-order chi connectivity index (χ0) is 17.2. The predicted octanol–water partition coefficient (Wildman–Crippen LogP) is 4.31. The van der Waals surface area contributed by atoms with Crippen LogP contribution in [0.4, 0.5) is 13.2 Å². The van der Waals surface area contributed by atoms with E-state index in [-0.39, 0.29) is 28.6 Å². The summed E-state index contributed by atoms with van der Waals surface area (Å²) in [5.41, 5.74) is 5.09. The Morgan fingerprint density at radius 1 is 1.52 bits per heavy atom. The third-order valence-electron chi connectivity index (χ3n) is 3.28. The summed E-state index contributed by atoms with van der Waals surface area (Å²) in [6, 6.07) is 1.50. The van der Waals surface area contributed by atoms with Crippen LogP contribution in [0.25, 0.3) is 11.3 Å². The van der Waals surface area contributed by atoms with E-state index in [0.717, 1.165) is 6.42 Å². The molecule has 0 bridgehead atoms. The molecule has 0 aliphatic carbocycles. The summed E-state index contributed by atoms with van der Waals surface area (Å²) in [5, 5.41) is 0.101. The van der Waals surface area contributed by atoms with Crippen molar-refractivity contribution in [2.24, 2.45) is 10.7 Å². The van der Waals surface area contributed by atoms with Crippen LogP contribution in [-0.4, -0.2) is 16.1 Å². The quantitative estimate of drug-likeness (QED) is 0.822. The summed E-state index contributed by atoms with van der Waals surface area (Å²) in [5.74, 6) is 0. The lowest BCUT2D eigenvalue weighted by Gasteiger charge is -2.09. The molecule has 2 heterocycles. The van der Waals surface area contributed by atoms with Crippen molar-refractivity contribution in [3.8, 4) is 0 Å². The first-order valence-corrected chi connectivity index (χ1v) is 7.36. The van der Waals surface area contributed by atoms with Gasteiger partial charge in [0, 0.05) is 12.7 Å². The minimum atomic E-state index is -4.64. The Morgan fingerprint density at radius 2 is 2.22 bits per heavy atom. The first-order valence-electron chi connectivity index (χ1n) is 6.98. The van der Waals surface area contributed by atoms with Gasteiger partial charge in [-0.2, -0.15) is 13.2 Å². The number of aromatic nitrogens is 2. The molecule has 2 N–H and O–H groups in total. The third kappa shape index (κ3) is 3.40. The Labute approximate surface area is 136 Å². The van der Waals surface area contributed by atoms with Crippen molar-refractivity contribution in [2.75, 3.05) is 0 Å². The summed E-state index contributed by atoms with van der Waals surface area (Å²) in [4.78, 5) is 7.43. The Bertz CT molecular complexity index is 762. The van der Waals surface area contributed by atoms with E-state index in [9.17, 15) is 13.2 Å². The SMILES string of the molecule is C=N/C(=C\CCC)c1c(C(F)(F)F)nc2c(Cl)cc(CN)cn12. The highest BCUT2D eigenvalue weighted by atomic mass is 35.5. The van der Waals surface area contributed by atoms with Crippen molar-refractivity contribution >= 4 is 29.7 Å². The number of hydrogen-bond acceptors (Lipinski definition) is 3. The molecule has 0 spiro atoms. The summed E-state index contributed by atoms with van der Waals surface area (Å²) in [6.45, 7) is 5.44. The highest BCUT2D eigenvalue weighted by molar-refractivity contribution is 6.33. The number of nitrogens with zero attached hydrogens (tertiary/aromatic N) is 3. The number of pyridine rings is 1. The van der Waals surface area contributed by atoms with Gasteiger partial charge in [0.15, 0.2) is 11.3 Å². The van der Waals surface area contributed by atoms with Crippen LogP contribution >= 0.6 is 11.6 Å². The van der Waals surface area contributed by atoms with E-state index in [1.165, 1.54) is 16.7 Å². The number of fused-ring (bicyclic) bond motifs is 1. The number of aliphatic imine (C=N–C) groups is 1. The molecule has 0 fully saturated rings. The molecule has 2 aromatic heterocycles. The maximum atomic E-state index is 13.4. The van der Waals surface area contributed by atoms with E-state index in [2.05, 4.69) is 16.7 Å². The van der Waals surface area contributed by atoms with Gasteiger partial charge in [-0.1, -0.05) is 31.0 Å². The third-order valence-corrected chi connectivity index (χ3v) is 3.55. The average Bonchev–Trinajstić information content (AvgIpc) is 2.88. The molecular formula is C15H16ClF3N4. The van der Waals surface area contributed by atoms with Crippen LogP contribution in [0.1, 0.15) is 36.7 Å². The molecule has 2 aromatic rings. The summed E-state index contributed by atoms with van der Waals surface area (Å²) >= 11 is 6.06. The molecule has 8 heteroatoms. The fraction of sp³-hybridized carbons (Fsp3) is 0.333. The molecule has 0 radical (unpaired) electrons. The predicted molar refractivity (Wildman–Crippen MR) is 85.5 cm³/mol. The van der Waals surface area contributed by atoms with Crippen molar-refractivity contribution in [2.45, 2.75) is 32.5 Å². The smallest absolute Gasteiger partial charge is 0.326 e. The molecule has 0 aliphatic heterocycles. The molecule has 124 valence electrons. The molecule has 0 saturated heterocycles. The second-order valence-corrected chi connectivity index (χ2v) is 5.34. The van der Waals surface area contributed by atoms with Gasteiger partial charge < -0.3 is 5.73 Å². The van der Waals surface area contributed by atoms with Gasteiger partial charge in [-0.15, -0.1) is 0 Å². The maximum Gasteiger partial charge on any atom is 0.435 e. The summed E-state index contributed by atoms with van der Waals surface area (Å²) in [7, 11) is 0. The topological polar surface area (TPSA) is 55.7 Å². The van der Waals surface area contributed by atoms with Gasteiger partial charge in [0.2, 0.25) is 0 Å². The van der Waals surface area contributed by atoms with Crippen LogP contribution in [-0.2, 0) is 12.7 Å². The molecule has 0 saturated carbocycles. The number of hydrogen-bond donors (Lipinski definition) is 1. The fourth-order valence-corrected chi connectivity index (χ4v) is 2.50. The highest BCUT2D eigenvalue weighted by Gasteiger charge is 2.39. The van der Waals surface area contributed by atoms with Gasteiger partial charge in [0.25, 0.3) is 0 Å². The number of unbranched alkanes of at least 4 members (excludes halogenated alkanes) is 1.